The van der Waals surface area contributed by atoms with Gasteiger partial charge in [-0.3, -0.25) is 9.59 Å². The summed E-state index contributed by atoms with van der Waals surface area (Å²) in [4.78, 5) is 34.5. The van der Waals surface area contributed by atoms with Crippen LogP contribution in [-0.2, 0) is 9.59 Å². The van der Waals surface area contributed by atoms with Gasteiger partial charge in [-0.15, -0.1) is 0 Å². The molecule has 1 aliphatic heterocycles. The molecule has 2 fully saturated rings. The lowest BCUT2D eigenvalue weighted by atomic mass is 9.95. The maximum atomic E-state index is 13.3. The number of carbonyl (C=O) groups excluding carboxylic acids is 2. The molecule has 1 saturated carbocycles. The fourth-order valence-corrected chi connectivity index (χ4v) is 4.72. The number of nitrogens with one attached hydrogen (secondary N) is 2. The Bertz CT molecular complexity index is 849. The molecule has 2 aliphatic rings. The van der Waals surface area contributed by atoms with Crippen LogP contribution in [0.4, 0.5) is 0 Å². The fraction of sp³-hybridized carbons (Fsp3) is 0.526. The SMILES string of the molecule is Bc1ccc2nc(C3[C@@H]4CCC(C4)N3C(=O)C(NC=O)C(C)C)[nH]c2c1. The van der Waals surface area contributed by atoms with Gasteiger partial charge in [-0.05, 0) is 43.2 Å². The Balaban J connectivity index is 1.70. The van der Waals surface area contributed by atoms with Gasteiger partial charge < -0.3 is 15.2 Å². The lowest BCUT2D eigenvalue weighted by Gasteiger charge is -2.37. The van der Waals surface area contributed by atoms with Crippen LogP contribution in [0.1, 0.15) is 45.0 Å². The molecule has 2 heterocycles. The Labute approximate surface area is 154 Å². The van der Waals surface area contributed by atoms with E-state index < -0.39 is 6.04 Å². The van der Waals surface area contributed by atoms with Crippen LogP contribution in [0.15, 0.2) is 18.2 Å². The van der Waals surface area contributed by atoms with Crippen molar-refractivity contribution in [3.05, 3.63) is 24.0 Å². The van der Waals surface area contributed by atoms with Crippen molar-refractivity contribution in [3.63, 3.8) is 0 Å². The molecule has 136 valence electrons. The van der Waals surface area contributed by atoms with Gasteiger partial charge in [0.05, 0.1) is 17.1 Å². The number of fused-ring (bicyclic) bond motifs is 3. The Morgan fingerprint density at radius 2 is 2.23 bits per heavy atom. The Morgan fingerprint density at radius 3 is 2.96 bits per heavy atom. The number of nitrogens with zero attached hydrogens (tertiary/aromatic N) is 2. The van der Waals surface area contributed by atoms with Crippen molar-refractivity contribution in [3.8, 4) is 0 Å². The first-order valence-electron chi connectivity index (χ1n) is 9.47. The van der Waals surface area contributed by atoms with E-state index in [9.17, 15) is 9.59 Å². The molecule has 1 aromatic carbocycles. The topological polar surface area (TPSA) is 78.1 Å². The molecule has 26 heavy (non-hydrogen) atoms. The molecule has 2 aromatic rings. The molecular weight excluding hydrogens is 327 g/mol. The third-order valence-corrected chi connectivity index (χ3v) is 5.96. The lowest BCUT2D eigenvalue weighted by molar-refractivity contribution is -0.140. The molecular formula is C19H25BN4O2. The van der Waals surface area contributed by atoms with E-state index >= 15 is 0 Å². The highest BCUT2D eigenvalue weighted by Crippen LogP contribution is 2.50. The molecule has 2 amide bonds. The summed E-state index contributed by atoms with van der Waals surface area (Å²) in [5.41, 5.74) is 3.14. The van der Waals surface area contributed by atoms with E-state index in [2.05, 4.69) is 30.3 Å². The van der Waals surface area contributed by atoms with Crippen LogP contribution in [0.3, 0.4) is 0 Å². The third kappa shape index (κ3) is 2.70. The minimum Gasteiger partial charge on any atom is -0.347 e. The van der Waals surface area contributed by atoms with Gasteiger partial charge in [0, 0.05) is 6.04 Å². The van der Waals surface area contributed by atoms with E-state index in [1.165, 1.54) is 5.46 Å². The van der Waals surface area contributed by atoms with Gasteiger partial charge in [0.15, 0.2) is 0 Å². The van der Waals surface area contributed by atoms with Gasteiger partial charge in [0.25, 0.3) is 0 Å². The number of carbonyl (C=O) groups is 2. The molecule has 1 aromatic heterocycles. The summed E-state index contributed by atoms with van der Waals surface area (Å²) in [6.07, 6.45) is 3.83. The number of likely N-dealkylation sites (tertiary alicyclic amines) is 1. The molecule has 1 aliphatic carbocycles. The average Bonchev–Trinajstić information content (AvgIpc) is 3.31. The maximum absolute atomic E-state index is 13.3. The molecule has 3 unspecified atom stereocenters. The Morgan fingerprint density at radius 1 is 1.42 bits per heavy atom. The summed E-state index contributed by atoms with van der Waals surface area (Å²) in [5, 5.41) is 2.72. The zero-order chi connectivity index (χ0) is 18.4. The zero-order valence-corrected chi connectivity index (χ0v) is 15.5. The predicted molar refractivity (Wildman–Crippen MR) is 103 cm³/mol. The fourth-order valence-electron chi connectivity index (χ4n) is 4.72. The van der Waals surface area contributed by atoms with Crippen LogP contribution in [0.25, 0.3) is 11.0 Å². The Hall–Kier alpha value is -2.31. The number of H-pyrrole nitrogens is 1. The van der Waals surface area contributed by atoms with E-state index in [0.717, 1.165) is 36.1 Å². The maximum Gasteiger partial charge on any atom is 0.246 e. The average molecular weight is 352 g/mol. The smallest absolute Gasteiger partial charge is 0.246 e. The van der Waals surface area contributed by atoms with Crippen LogP contribution in [0.2, 0.25) is 0 Å². The van der Waals surface area contributed by atoms with Gasteiger partial charge in [-0.25, -0.2) is 4.98 Å². The van der Waals surface area contributed by atoms with E-state index in [1.54, 1.807) is 0 Å². The first-order chi connectivity index (χ1) is 12.5. The van der Waals surface area contributed by atoms with E-state index in [-0.39, 0.29) is 23.9 Å². The van der Waals surface area contributed by atoms with E-state index in [1.807, 2.05) is 24.8 Å². The number of rotatable bonds is 5. The van der Waals surface area contributed by atoms with Crippen molar-refractivity contribution < 1.29 is 9.59 Å². The van der Waals surface area contributed by atoms with Crippen molar-refractivity contribution in [2.75, 3.05) is 0 Å². The molecule has 0 radical (unpaired) electrons. The number of aromatic nitrogens is 2. The number of imidazole rings is 1. The predicted octanol–water partition coefficient (Wildman–Crippen LogP) is 0.644. The summed E-state index contributed by atoms with van der Waals surface area (Å²) in [7, 11) is 2.06. The first-order valence-corrected chi connectivity index (χ1v) is 9.47. The third-order valence-electron chi connectivity index (χ3n) is 5.96. The van der Waals surface area contributed by atoms with Crippen LogP contribution >= 0.6 is 0 Å². The number of hydrogen-bond acceptors (Lipinski definition) is 3. The molecule has 6 nitrogen and oxygen atoms in total. The summed E-state index contributed by atoms with van der Waals surface area (Å²) in [6.45, 7) is 3.93. The quantitative estimate of drug-likeness (QED) is 0.613. The van der Waals surface area contributed by atoms with Crippen molar-refractivity contribution >= 4 is 36.7 Å². The lowest BCUT2D eigenvalue weighted by Crippen LogP contribution is -2.52. The zero-order valence-electron chi connectivity index (χ0n) is 15.5. The van der Waals surface area contributed by atoms with Crippen LogP contribution in [0.5, 0.6) is 0 Å². The molecule has 0 spiro atoms. The van der Waals surface area contributed by atoms with Crippen molar-refractivity contribution in [1.29, 1.82) is 0 Å². The molecule has 2 bridgehead atoms. The van der Waals surface area contributed by atoms with Gasteiger partial charge in [-0.1, -0.05) is 25.4 Å². The number of amides is 2. The number of piperidine rings is 1. The molecule has 1 saturated heterocycles. The monoisotopic (exact) mass is 352 g/mol. The largest absolute Gasteiger partial charge is 0.347 e. The van der Waals surface area contributed by atoms with E-state index in [4.69, 9.17) is 4.98 Å². The highest BCUT2D eigenvalue weighted by Gasteiger charge is 2.51. The highest BCUT2D eigenvalue weighted by molar-refractivity contribution is 6.33. The number of benzene rings is 1. The summed E-state index contributed by atoms with van der Waals surface area (Å²) < 4.78 is 0. The van der Waals surface area contributed by atoms with Crippen LogP contribution in [0, 0.1) is 11.8 Å². The van der Waals surface area contributed by atoms with Crippen LogP contribution in [-0.4, -0.2) is 47.1 Å². The second-order valence-electron chi connectivity index (χ2n) is 8.07. The Kier molecular flexibility index (Phi) is 4.25. The molecule has 2 N–H and O–H groups in total. The standard InChI is InChI=1S/C19H25BN4O2/c1-10(2)16(21-9-25)19(26)24-13-5-3-11(7-13)17(24)18-22-14-6-4-12(20)8-15(14)23-18/h4,6,8-11,13,16-17H,3,5,7,20H2,1-2H3,(H,21,25)(H,22,23)/t11-,13?,16?,17?/m1/s1. The number of hydrogen-bond donors (Lipinski definition) is 2. The second-order valence-corrected chi connectivity index (χ2v) is 8.07. The number of aromatic amines is 1. The second kappa shape index (κ2) is 6.45. The molecule has 4 atom stereocenters. The minimum absolute atomic E-state index is 0.0148. The van der Waals surface area contributed by atoms with Gasteiger partial charge >= 0.3 is 0 Å². The summed E-state index contributed by atoms with van der Waals surface area (Å²) in [6, 6.07) is 5.91. The van der Waals surface area contributed by atoms with E-state index in [0.29, 0.717) is 12.3 Å². The van der Waals surface area contributed by atoms with Crippen molar-refractivity contribution in [1.82, 2.24) is 20.2 Å². The van der Waals surface area contributed by atoms with Gasteiger partial charge in [-0.2, -0.15) is 0 Å². The van der Waals surface area contributed by atoms with Crippen LogP contribution < -0.4 is 10.8 Å². The van der Waals surface area contributed by atoms with Crippen molar-refractivity contribution in [2.45, 2.75) is 51.2 Å². The summed E-state index contributed by atoms with van der Waals surface area (Å²) >= 11 is 0. The molecule has 7 heteroatoms. The van der Waals surface area contributed by atoms with Gasteiger partial charge in [0.2, 0.25) is 12.3 Å². The minimum atomic E-state index is -0.485. The van der Waals surface area contributed by atoms with Gasteiger partial charge in [0.1, 0.15) is 19.7 Å². The first kappa shape index (κ1) is 17.1. The summed E-state index contributed by atoms with van der Waals surface area (Å²) in [5.74, 6) is 1.38. The van der Waals surface area contributed by atoms with Crippen molar-refractivity contribution in [2.24, 2.45) is 11.8 Å². The normalized spacial score (nSPS) is 25.8. The highest BCUT2D eigenvalue weighted by atomic mass is 16.2. The molecule has 4 rings (SSSR count).